The van der Waals surface area contributed by atoms with Gasteiger partial charge in [-0.3, -0.25) is 4.79 Å². The minimum absolute atomic E-state index is 0.0632. The summed E-state index contributed by atoms with van der Waals surface area (Å²) in [6.45, 7) is 4.18. The van der Waals surface area contributed by atoms with Crippen molar-refractivity contribution in [3.05, 3.63) is 60.8 Å². The summed E-state index contributed by atoms with van der Waals surface area (Å²) < 4.78 is 0. The van der Waals surface area contributed by atoms with E-state index in [2.05, 4.69) is 67.8 Å². The molecule has 0 aromatic heterocycles. The third kappa shape index (κ3) is 47.0. The van der Waals surface area contributed by atoms with Crippen LogP contribution in [-0.2, 0) is 4.79 Å². The molecule has 4 nitrogen and oxygen atoms in total. The maximum absolute atomic E-state index is 12.4. The molecule has 0 aromatic rings. The normalized spacial score (nSPS) is 13.4. The third-order valence-corrected chi connectivity index (χ3v) is 11.8. The Balaban J connectivity index is 3.39. The van der Waals surface area contributed by atoms with Crippen molar-refractivity contribution >= 4 is 5.91 Å². The van der Waals surface area contributed by atoms with Crippen molar-refractivity contribution in [2.24, 2.45) is 0 Å². The van der Waals surface area contributed by atoms with Crippen molar-refractivity contribution in [1.82, 2.24) is 5.32 Å². The number of amides is 1. The zero-order valence-electron chi connectivity index (χ0n) is 39.5. The van der Waals surface area contributed by atoms with Crippen LogP contribution < -0.4 is 5.32 Å². The molecule has 0 aliphatic carbocycles. The smallest absolute Gasteiger partial charge is 0.220 e. The first kappa shape index (κ1) is 57.1. The van der Waals surface area contributed by atoms with Gasteiger partial charge in [-0.05, 0) is 57.8 Å². The molecular formula is C55H101NO3. The summed E-state index contributed by atoms with van der Waals surface area (Å²) >= 11 is 0. The van der Waals surface area contributed by atoms with E-state index in [1.165, 1.54) is 193 Å². The Morgan fingerprint density at radius 1 is 0.424 bits per heavy atom. The SMILES string of the molecule is CC/C=C\C/C=C\C/C=C\C/C=C\CCCCCCCCCCCCCCCCCCCCCCCCCCC(=O)NC(CO)C(O)/C=C/CCCCCCCCCC. The zero-order chi connectivity index (χ0) is 42.8. The summed E-state index contributed by atoms with van der Waals surface area (Å²) in [5.74, 6) is -0.0632. The number of carbonyl (C=O) groups is 1. The lowest BCUT2D eigenvalue weighted by Crippen LogP contribution is -2.45. The zero-order valence-corrected chi connectivity index (χ0v) is 39.5. The lowest BCUT2D eigenvalue weighted by Gasteiger charge is -2.20. The maximum atomic E-state index is 12.4. The Morgan fingerprint density at radius 2 is 0.746 bits per heavy atom. The molecule has 0 saturated carbocycles. The number of rotatable bonds is 47. The van der Waals surface area contributed by atoms with Crippen molar-refractivity contribution in [2.45, 2.75) is 276 Å². The van der Waals surface area contributed by atoms with Gasteiger partial charge < -0.3 is 15.5 Å². The summed E-state index contributed by atoms with van der Waals surface area (Å²) in [4.78, 5) is 12.4. The average molecular weight is 824 g/mol. The average Bonchev–Trinajstić information content (AvgIpc) is 3.24. The van der Waals surface area contributed by atoms with Crippen molar-refractivity contribution < 1.29 is 15.0 Å². The van der Waals surface area contributed by atoms with Gasteiger partial charge in [0, 0.05) is 6.42 Å². The number of aliphatic hydroxyl groups is 2. The number of aliphatic hydroxyl groups excluding tert-OH is 2. The molecule has 3 N–H and O–H groups in total. The molecule has 0 fully saturated rings. The van der Waals surface area contributed by atoms with Crippen molar-refractivity contribution in [2.75, 3.05) is 6.61 Å². The largest absolute Gasteiger partial charge is 0.394 e. The lowest BCUT2D eigenvalue weighted by molar-refractivity contribution is -0.123. The standard InChI is InChI=1S/C55H101NO3/c1-3-5-7-9-11-13-15-16-17-18-19-20-21-22-23-24-25-26-27-28-29-30-31-32-33-34-35-36-37-38-39-40-41-43-45-47-49-51-55(59)56-53(52-57)54(58)50-48-46-44-42-14-12-10-8-6-4-2/h5,7,11,13,16-17,19-20,48,50,53-54,57-58H,3-4,6,8-10,12,14-15,18,21-47,49,51-52H2,1-2H3,(H,56,59)/b7-5-,13-11-,17-16-,20-19-,50-48+. The summed E-state index contributed by atoms with van der Waals surface area (Å²) in [6, 6.07) is -0.619. The number of allylic oxidation sites excluding steroid dienone is 9. The summed E-state index contributed by atoms with van der Waals surface area (Å²) in [6.07, 6.45) is 71.0. The van der Waals surface area contributed by atoms with E-state index in [1.807, 2.05) is 6.08 Å². The van der Waals surface area contributed by atoms with Gasteiger partial charge in [-0.25, -0.2) is 0 Å². The molecule has 2 atom stereocenters. The summed E-state index contributed by atoms with van der Waals surface area (Å²) in [5, 5.41) is 23.0. The van der Waals surface area contributed by atoms with Crippen LogP contribution in [0, 0.1) is 0 Å². The Labute approximate surface area is 368 Å². The number of nitrogens with one attached hydrogen (secondary N) is 1. The van der Waals surface area contributed by atoms with E-state index in [1.54, 1.807) is 6.08 Å². The van der Waals surface area contributed by atoms with Gasteiger partial charge in [0.15, 0.2) is 0 Å². The maximum Gasteiger partial charge on any atom is 0.220 e. The van der Waals surface area contributed by atoms with E-state index in [0.29, 0.717) is 6.42 Å². The number of hydrogen-bond acceptors (Lipinski definition) is 3. The Morgan fingerprint density at radius 3 is 1.12 bits per heavy atom. The first-order valence-corrected chi connectivity index (χ1v) is 26.0. The van der Waals surface area contributed by atoms with E-state index >= 15 is 0 Å². The molecule has 0 rings (SSSR count). The first-order valence-electron chi connectivity index (χ1n) is 26.0. The van der Waals surface area contributed by atoms with E-state index < -0.39 is 12.1 Å². The molecule has 0 heterocycles. The molecule has 4 heteroatoms. The Bertz CT molecular complexity index is 981. The van der Waals surface area contributed by atoms with E-state index in [9.17, 15) is 15.0 Å². The topological polar surface area (TPSA) is 69.6 Å². The van der Waals surface area contributed by atoms with Gasteiger partial charge in [0.1, 0.15) is 0 Å². The fourth-order valence-electron chi connectivity index (χ4n) is 7.82. The summed E-state index contributed by atoms with van der Waals surface area (Å²) in [5.41, 5.74) is 0. The predicted molar refractivity (Wildman–Crippen MR) is 262 cm³/mol. The van der Waals surface area contributed by atoms with Gasteiger partial charge in [-0.1, -0.05) is 261 Å². The highest BCUT2D eigenvalue weighted by atomic mass is 16.3. The van der Waals surface area contributed by atoms with Gasteiger partial charge in [0.2, 0.25) is 5.91 Å². The molecular weight excluding hydrogens is 723 g/mol. The molecule has 344 valence electrons. The van der Waals surface area contributed by atoms with Gasteiger partial charge in [0.25, 0.3) is 0 Å². The second-order valence-electron chi connectivity index (χ2n) is 17.6. The Hall–Kier alpha value is -1.91. The lowest BCUT2D eigenvalue weighted by atomic mass is 10.0. The van der Waals surface area contributed by atoms with Crippen LogP contribution in [0.15, 0.2) is 60.8 Å². The second-order valence-corrected chi connectivity index (χ2v) is 17.6. The van der Waals surface area contributed by atoms with E-state index in [-0.39, 0.29) is 12.5 Å². The number of hydrogen-bond donors (Lipinski definition) is 3. The molecule has 0 aliphatic rings. The fraction of sp³-hybridized carbons (Fsp3) is 0.800. The van der Waals surface area contributed by atoms with Crippen LogP contribution in [0.25, 0.3) is 0 Å². The minimum Gasteiger partial charge on any atom is -0.394 e. The van der Waals surface area contributed by atoms with Crippen LogP contribution in [0.2, 0.25) is 0 Å². The molecule has 2 unspecified atom stereocenters. The molecule has 0 spiro atoms. The van der Waals surface area contributed by atoms with Crippen LogP contribution in [-0.4, -0.2) is 34.9 Å². The predicted octanol–water partition coefficient (Wildman–Crippen LogP) is 16.9. The van der Waals surface area contributed by atoms with Crippen molar-refractivity contribution in [3.63, 3.8) is 0 Å². The molecule has 0 saturated heterocycles. The van der Waals surface area contributed by atoms with E-state index in [0.717, 1.165) is 51.4 Å². The monoisotopic (exact) mass is 824 g/mol. The van der Waals surface area contributed by atoms with Crippen LogP contribution >= 0.6 is 0 Å². The van der Waals surface area contributed by atoms with Gasteiger partial charge in [-0.2, -0.15) is 0 Å². The van der Waals surface area contributed by atoms with Gasteiger partial charge >= 0.3 is 0 Å². The van der Waals surface area contributed by atoms with Crippen LogP contribution in [0.1, 0.15) is 264 Å². The van der Waals surface area contributed by atoms with Gasteiger partial charge in [-0.15, -0.1) is 0 Å². The van der Waals surface area contributed by atoms with E-state index in [4.69, 9.17) is 0 Å². The van der Waals surface area contributed by atoms with Crippen molar-refractivity contribution in [1.29, 1.82) is 0 Å². The molecule has 1 amide bonds. The number of carbonyl (C=O) groups excluding carboxylic acids is 1. The summed E-state index contributed by atoms with van der Waals surface area (Å²) in [7, 11) is 0. The van der Waals surface area contributed by atoms with Crippen LogP contribution in [0.4, 0.5) is 0 Å². The Kier molecular flexibility index (Phi) is 48.8. The molecule has 59 heavy (non-hydrogen) atoms. The fourth-order valence-corrected chi connectivity index (χ4v) is 7.82. The van der Waals surface area contributed by atoms with Crippen LogP contribution in [0.5, 0.6) is 0 Å². The highest BCUT2D eigenvalue weighted by molar-refractivity contribution is 5.76. The minimum atomic E-state index is -0.836. The quantitative estimate of drug-likeness (QED) is 0.0423. The second kappa shape index (κ2) is 50.4. The molecule has 0 aliphatic heterocycles. The van der Waals surface area contributed by atoms with Gasteiger partial charge in [0.05, 0.1) is 18.8 Å². The van der Waals surface area contributed by atoms with Crippen LogP contribution in [0.3, 0.4) is 0 Å². The first-order chi connectivity index (χ1) is 29.2. The van der Waals surface area contributed by atoms with Crippen molar-refractivity contribution in [3.8, 4) is 0 Å². The third-order valence-electron chi connectivity index (χ3n) is 11.8. The highest BCUT2D eigenvalue weighted by Crippen LogP contribution is 2.17. The number of unbranched alkanes of at least 4 members (excludes halogenated alkanes) is 32. The molecule has 0 bridgehead atoms. The molecule has 0 radical (unpaired) electrons. The molecule has 0 aromatic carbocycles. The highest BCUT2D eigenvalue weighted by Gasteiger charge is 2.18.